The third-order valence-electron chi connectivity index (χ3n) is 7.21. The molecule has 2 fully saturated rings. The Balaban J connectivity index is 1.29. The van der Waals surface area contributed by atoms with Crippen LogP contribution >= 0.6 is 0 Å². The van der Waals surface area contributed by atoms with Crippen LogP contribution in [0.3, 0.4) is 0 Å². The summed E-state index contributed by atoms with van der Waals surface area (Å²) >= 11 is 0. The molecule has 0 bridgehead atoms. The molecular formula is C24H29F3N10O. The lowest BCUT2D eigenvalue weighted by molar-refractivity contribution is -0.0794. The molecule has 0 radical (unpaired) electrons. The molecule has 202 valence electrons. The Bertz CT molecular complexity index is 1440. The number of aromatic nitrogens is 7. The minimum Gasteiger partial charge on any atom is -0.378 e. The number of ether oxygens (including phenoxy) is 1. The van der Waals surface area contributed by atoms with Gasteiger partial charge in [-0.2, -0.15) is 4.98 Å². The number of halogens is 3. The number of alkyl halides is 2. The van der Waals surface area contributed by atoms with Crippen LogP contribution < -0.4 is 10.6 Å². The molecule has 4 aromatic rings. The lowest BCUT2D eigenvalue weighted by Crippen LogP contribution is -2.57. The van der Waals surface area contributed by atoms with Crippen LogP contribution in [0.25, 0.3) is 27.9 Å². The van der Waals surface area contributed by atoms with Gasteiger partial charge in [0.1, 0.15) is 17.2 Å². The Morgan fingerprint density at radius 2 is 2.05 bits per heavy atom. The lowest BCUT2D eigenvalue weighted by atomic mass is 10.0. The monoisotopic (exact) mass is 530 g/mol. The first kappa shape index (κ1) is 24.8. The van der Waals surface area contributed by atoms with Crippen molar-refractivity contribution >= 4 is 28.4 Å². The fourth-order valence-corrected chi connectivity index (χ4v) is 5.05. The van der Waals surface area contributed by atoms with E-state index in [1.165, 1.54) is 10.7 Å². The number of piperidine rings is 1. The van der Waals surface area contributed by atoms with E-state index in [-0.39, 0.29) is 17.6 Å². The number of hydrogen-bond acceptors (Lipinski definition) is 9. The van der Waals surface area contributed by atoms with Gasteiger partial charge < -0.3 is 15.4 Å². The summed E-state index contributed by atoms with van der Waals surface area (Å²) < 4.78 is 51.1. The standard InChI is InChI=1S/C24H29F3N10O/c1-28-22-21-20(18-4-5-19-23(29-18)36(34-32-19)8-3-2-7-25)16(27)11-37(21)33-24(31-22)30-17-6-9-35(10-15(17)26)14-12-38-13-14/h4-5,11,14-15,17H,2-3,6-10,12-13H2,1H3,(H2,28,30,31,33). The molecule has 2 atom stereocenters. The minimum atomic E-state index is -1.10. The van der Waals surface area contributed by atoms with E-state index in [0.717, 1.165) is 6.54 Å². The van der Waals surface area contributed by atoms with Crippen molar-refractivity contribution in [1.29, 1.82) is 0 Å². The number of pyridine rings is 1. The van der Waals surface area contributed by atoms with E-state index in [4.69, 9.17) is 4.74 Å². The molecule has 4 aromatic heterocycles. The van der Waals surface area contributed by atoms with Crippen LogP contribution in [0.1, 0.15) is 19.3 Å². The minimum absolute atomic E-state index is 0.204. The predicted molar refractivity (Wildman–Crippen MR) is 135 cm³/mol. The van der Waals surface area contributed by atoms with Gasteiger partial charge >= 0.3 is 0 Å². The van der Waals surface area contributed by atoms with Gasteiger partial charge in [0.25, 0.3) is 0 Å². The summed E-state index contributed by atoms with van der Waals surface area (Å²) in [6, 6.07) is 3.22. The van der Waals surface area contributed by atoms with Crippen LogP contribution in [-0.4, -0.2) is 97.8 Å². The third kappa shape index (κ3) is 4.51. The highest BCUT2D eigenvalue weighted by Gasteiger charge is 2.35. The van der Waals surface area contributed by atoms with Gasteiger partial charge in [-0.25, -0.2) is 23.0 Å². The van der Waals surface area contributed by atoms with E-state index in [2.05, 4.69) is 40.9 Å². The zero-order chi connectivity index (χ0) is 26.2. The second-order valence-electron chi connectivity index (χ2n) is 9.67. The first-order valence-electron chi connectivity index (χ1n) is 12.8. The summed E-state index contributed by atoms with van der Waals surface area (Å²) in [5.41, 5.74) is 2.03. The number of unbranched alkanes of at least 4 members (excludes halogenated alkanes) is 1. The van der Waals surface area contributed by atoms with E-state index in [1.807, 2.05) is 0 Å². The van der Waals surface area contributed by atoms with Gasteiger partial charge in [0, 0.05) is 26.7 Å². The average molecular weight is 531 g/mol. The number of nitrogens with one attached hydrogen (secondary N) is 2. The zero-order valence-electron chi connectivity index (χ0n) is 20.9. The van der Waals surface area contributed by atoms with Crippen molar-refractivity contribution in [3.8, 4) is 11.3 Å². The number of likely N-dealkylation sites (tertiary alicyclic amines) is 1. The number of aryl methyl sites for hydroxylation is 1. The molecule has 0 spiro atoms. The van der Waals surface area contributed by atoms with Gasteiger partial charge in [0.15, 0.2) is 17.3 Å². The topological polar surface area (TPSA) is 110 Å². The van der Waals surface area contributed by atoms with Crippen molar-refractivity contribution in [2.24, 2.45) is 0 Å². The second kappa shape index (κ2) is 10.3. The Morgan fingerprint density at radius 3 is 2.79 bits per heavy atom. The molecular weight excluding hydrogens is 501 g/mol. The van der Waals surface area contributed by atoms with Crippen LogP contribution in [0.5, 0.6) is 0 Å². The molecule has 2 N–H and O–H groups in total. The van der Waals surface area contributed by atoms with Crippen molar-refractivity contribution in [2.45, 2.75) is 44.1 Å². The van der Waals surface area contributed by atoms with Gasteiger partial charge in [0.2, 0.25) is 5.95 Å². The molecule has 6 rings (SSSR count). The average Bonchev–Trinajstić information content (AvgIpc) is 3.43. The molecule has 0 aliphatic carbocycles. The largest absolute Gasteiger partial charge is 0.378 e. The number of rotatable bonds is 9. The Kier molecular flexibility index (Phi) is 6.74. The van der Waals surface area contributed by atoms with Crippen molar-refractivity contribution in [1.82, 2.24) is 39.5 Å². The zero-order valence-corrected chi connectivity index (χ0v) is 20.9. The Labute approximate surface area is 216 Å². The summed E-state index contributed by atoms with van der Waals surface area (Å²) in [7, 11) is 1.68. The highest BCUT2D eigenvalue weighted by Crippen LogP contribution is 2.33. The van der Waals surface area contributed by atoms with E-state index >= 15 is 4.39 Å². The van der Waals surface area contributed by atoms with Gasteiger partial charge in [-0.15, -0.1) is 10.2 Å². The SMILES string of the molecule is CNc1nc(NC2CCN(C3COC3)CC2F)nn2cc(F)c(-c3ccc4nnn(CCCCF)c4n3)c12. The van der Waals surface area contributed by atoms with E-state index < -0.39 is 24.7 Å². The molecule has 0 saturated carbocycles. The van der Waals surface area contributed by atoms with Crippen LogP contribution in [0.2, 0.25) is 0 Å². The first-order chi connectivity index (χ1) is 18.6. The highest BCUT2D eigenvalue weighted by atomic mass is 19.1. The van der Waals surface area contributed by atoms with Crippen LogP contribution in [0, 0.1) is 5.82 Å². The normalized spacial score (nSPS) is 20.7. The molecule has 38 heavy (non-hydrogen) atoms. The van der Waals surface area contributed by atoms with E-state index in [9.17, 15) is 8.78 Å². The van der Waals surface area contributed by atoms with Crippen molar-refractivity contribution in [3.05, 3.63) is 24.1 Å². The number of hydrogen-bond donors (Lipinski definition) is 2. The van der Waals surface area contributed by atoms with Gasteiger partial charge in [0.05, 0.1) is 49.4 Å². The Morgan fingerprint density at radius 1 is 1.18 bits per heavy atom. The molecule has 14 heteroatoms. The van der Waals surface area contributed by atoms with E-state index in [1.54, 1.807) is 23.9 Å². The third-order valence-corrected chi connectivity index (χ3v) is 7.21. The quantitative estimate of drug-likeness (QED) is 0.316. The van der Waals surface area contributed by atoms with Crippen molar-refractivity contribution < 1.29 is 17.9 Å². The summed E-state index contributed by atoms with van der Waals surface area (Å²) in [5.74, 6) is 0.0445. The van der Waals surface area contributed by atoms with Crippen LogP contribution in [-0.2, 0) is 11.3 Å². The maximum Gasteiger partial charge on any atom is 0.243 e. The maximum atomic E-state index is 15.4. The van der Waals surface area contributed by atoms with Crippen molar-refractivity contribution in [2.75, 3.05) is 50.7 Å². The van der Waals surface area contributed by atoms with Crippen molar-refractivity contribution in [3.63, 3.8) is 0 Å². The fourth-order valence-electron chi connectivity index (χ4n) is 5.05. The summed E-state index contributed by atoms with van der Waals surface area (Å²) in [5, 5.41) is 18.8. The molecule has 0 aromatic carbocycles. The summed E-state index contributed by atoms with van der Waals surface area (Å²) in [6.45, 7) is 2.43. The van der Waals surface area contributed by atoms with Crippen LogP contribution in [0.4, 0.5) is 24.9 Å². The summed E-state index contributed by atoms with van der Waals surface area (Å²) in [6.07, 6.45) is 1.75. The molecule has 2 saturated heterocycles. The lowest BCUT2D eigenvalue weighted by Gasteiger charge is -2.42. The number of nitrogens with zero attached hydrogens (tertiary/aromatic N) is 8. The summed E-state index contributed by atoms with van der Waals surface area (Å²) in [4.78, 5) is 11.3. The smallest absolute Gasteiger partial charge is 0.243 e. The Hall–Kier alpha value is -3.52. The second-order valence-corrected chi connectivity index (χ2v) is 9.67. The molecule has 11 nitrogen and oxygen atoms in total. The van der Waals surface area contributed by atoms with E-state index in [0.29, 0.717) is 73.8 Å². The van der Waals surface area contributed by atoms with Gasteiger partial charge in [-0.1, -0.05) is 5.21 Å². The highest BCUT2D eigenvalue weighted by molar-refractivity contribution is 5.89. The number of fused-ring (bicyclic) bond motifs is 2. The molecule has 6 heterocycles. The van der Waals surface area contributed by atoms with Gasteiger partial charge in [-0.3, -0.25) is 9.29 Å². The molecule has 0 amide bonds. The van der Waals surface area contributed by atoms with Gasteiger partial charge in [-0.05, 0) is 31.4 Å². The number of anilines is 2. The molecule has 2 aliphatic rings. The molecule has 2 unspecified atom stereocenters. The fraction of sp³-hybridized carbons (Fsp3) is 0.542. The molecule has 2 aliphatic heterocycles. The maximum absolute atomic E-state index is 15.4. The predicted octanol–water partition coefficient (Wildman–Crippen LogP) is 2.69. The first-order valence-corrected chi connectivity index (χ1v) is 12.8. The van der Waals surface area contributed by atoms with Crippen LogP contribution in [0.15, 0.2) is 18.3 Å².